The number of nitrogens with one attached hydrogen (secondary N) is 2. The third kappa shape index (κ3) is 5.76. The summed E-state index contributed by atoms with van der Waals surface area (Å²) >= 11 is 0. The molecule has 0 heterocycles. The summed E-state index contributed by atoms with van der Waals surface area (Å²) in [5, 5.41) is 4.85. The van der Waals surface area contributed by atoms with Crippen molar-refractivity contribution in [3.63, 3.8) is 0 Å². The quantitative estimate of drug-likeness (QED) is 0.771. The largest absolute Gasteiger partial charge is 0.345 e. The van der Waals surface area contributed by atoms with Crippen molar-refractivity contribution in [2.75, 3.05) is 5.32 Å². The van der Waals surface area contributed by atoms with E-state index in [4.69, 9.17) is 0 Å². The van der Waals surface area contributed by atoms with Crippen LogP contribution in [0.2, 0.25) is 0 Å². The highest BCUT2D eigenvalue weighted by molar-refractivity contribution is 7.85. The predicted molar refractivity (Wildman–Crippen MR) is 76.7 cm³/mol. The Balaban J connectivity index is 2.92. The summed E-state index contributed by atoms with van der Waals surface area (Å²) < 4.78 is 47.3. The fourth-order valence-electron chi connectivity index (χ4n) is 1.78. The van der Waals surface area contributed by atoms with Crippen LogP contribution in [0.5, 0.6) is 0 Å². The number of halogens is 2. The first-order valence-corrected chi connectivity index (χ1v) is 7.96. The van der Waals surface area contributed by atoms with Crippen LogP contribution in [0, 0.1) is 5.82 Å². The molecule has 0 fully saturated rings. The van der Waals surface area contributed by atoms with Crippen LogP contribution in [0.15, 0.2) is 18.2 Å². The molecule has 0 aliphatic carbocycles. The van der Waals surface area contributed by atoms with Crippen molar-refractivity contribution >= 4 is 27.7 Å². The number of amides is 2. The van der Waals surface area contributed by atoms with Gasteiger partial charge in [0.1, 0.15) is 17.6 Å². The second kappa shape index (κ2) is 7.30. The Morgan fingerprint density at radius 3 is 2.45 bits per heavy atom. The van der Waals surface area contributed by atoms with Crippen molar-refractivity contribution in [2.24, 2.45) is 0 Å². The highest BCUT2D eigenvalue weighted by Crippen LogP contribution is 2.18. The molecule has 0 saturated carbocycles. The monoisotopic (exact) mass is 334 g/mol. The van der Waals surface area contributed by atoms with Gasteiger partial charge in [-0.1, -0.05) is 6.92 Å². The smallest absolute Gasteiger partial charge is 0.306 e. The van der Waals surface area contributed by atoms with Gasteiger partial charge >= 0.3 is 10.2 Å². The average Bonchev–Trinajstić information content (AvgIpc) is 2.37. The van der Waals surface area contributed by atoms with E-state index in [2.05, 4.69) is 10.6 Å². The fourth-order valence-corrected chi connectivity index (χ4v) is 2.37. The molecule has 1 rings (SSSR count). The number of hydrogen-bond donors (Lipinski definition) is 2. The van der Waals surface area contributed by atoms with E-state index in [0.717, 1.165) is 12.1 Å². The number of hydrogen-bond acceptors (Lipinski definition) is 4. The maximum atomic E-state index is 13.4. The molecule has 1 aromatic carbocycles. The van der Waals surface area contributed by atoms with E-state index in [1.807, 2.05) is 0 Å². The lowest BCUT2D eigenvalue weighted by molar-refractivity contribution is -0.125. The van der Waals surface area contributed by atoms with Gasteiger partial charge in [-0.05, 0) is 24.6 Å². The Morgan fingerprint density at radius 1 is 1.32 bits per heavy atom. The van der Waals surface area contributed by atoms with E-state index in [-0.39, 0.29) is 11.6 Å². The van der Waals surface area contributed by atoms with Crippen molar-refractivity contribution in [3.05, 3.63) is 29.6 Å². The summed E-state index contributed by atoms with van der Waals surface area (Å²) in [6, 6.07) is 2.39. The number of benzene rings is 1. The molecule has 1 unspecified atom stereocenters. The minimum atomic E-state index is -4.89. The molecule has 0 aliphatic heterocycles. The molecule has 1 atom stereocenters. The van der Waals surface area contributed by atoms with E-state index in [1.54, 1.807) is 6.92 Å². The first-order chi connectivity index (χ1) is 10.1. The lowest BCUT2D eigenvalue weighted by atomic mass is 10.1. The van der Waals surface area contributed by atoms with Gasteiger partial charge in [-0.15, -0.1) is 3.89 Å². The lowest BCUT2D eigenvalue weighted by Crippen LogP contribution is -2.42. The van der Waals surface area contributed by atoms with Crippen molar-refractivity contribution < 1.29 is 26.3 Å². The lowest BCUT2D eigenvalue weighted by Gasteiger charge is -2.16. The van der Waals surface area contributed by atoms with Crippen molar-refractivity contribution in [2.45, 2.75) is 32.1 Å². The highest BCUT2D eigenvalue weighted by Gasteiger charge is 2.19. The summed E-state index contributed by atoms with van der Waals surface area (Å²) in [6.45, 7) is 2.95. The fraction of sp³-hybridized carbons (Fsp3) is 0.385. The number of carbonyl (C=O) groups is 2. The molecule has 0 radical (unpaired) electrons. The van der Waals surface area contributed by atoms with Crippen LogP contribution < -0.4 is 10.6 Å². The van der Waals surface area contributed by atoms with E-state index in [0.29, 0.717) is 6.42 Å². The standard InChI is InChI=1S/C13H16F2N2O4S/c1-3-12(16-8(2)18)13(19)17-10-4-5-11(14)9(6-10)7-22(15,20)21/h4-6,12H,3,7H2,1-2H3,(H,16,18)(H,17,19). The Bertz CT molecular complexity index is 677. The van der Waals surface area contributed by atoms with Crippen LogP contribution in [0.3, 0.4) is 0 Å². The van der Waals surface area contributed by atoms with E-state index in [9.17, 15) is 26.3 Å². The Hall–Kier alpha value is -2.03. The summed E-state index contributed by atoms with van der Waals surface area (Å²) in [4.78, 5) is 22.9. The molecule has 122 valence electrons. The molecule has 1 aromatic rings. The zero-order valence-corrected chi connectivity index (χ0v) is 12.8. The van der Waals surface area contributed by atoms with Crippen molar-refractivity contribution in [1.29, 1.82) is 0 Å². The van der Waals surface area contributed by atoms with Crippen LogP contribution in [-0.2, 0) is 25.6 Å². The van der Waals surface area contributed by atoms with Crippen molar-refractivity contribution in [1.82, 2.24) is 5.32 Å². The molecule has 0 bridgehead atoms. The Kier molecular flexibility index (Phi) is 5.98. The zero-order chi connectivity index (χ0) is 16.9. The number of carbonyl (C=O) groups excluding carboxylic acids is 2. The number of anilines is 1. The summed E-state index contributed by atoms with van der Waals surface area (Å²) in [5.41, 5.74) is -0.290. The van der Waals surface area contributed by atoms with Gasteiger partial charge in [-0.25, -0.2) is 4.39 Å². The van der Waals surface area contributed by atoms with Crippen LogP contribution in [0.4, 0.5) is 14.0 Å². The SMILES string of the molecule is CCC(NC(C)=O)C(=O)Nc1ccc(F)c(CS(=O)(=O)F)c1. The highest BCUT2D eigenvalue weighted by atomic mass is 32.3. The second-order valence-corrected chi connectivity index (χ2v) is 6.01. The van der Waals surface area contributed by atoms with Gasteiger partial charge in [0.25, 0.3) is 0 Å². The minimum Gasteiger partial charge on any atom is -0.345 e. The first-order valence-electron chi connectivity index (χ1n) is 6.41. The third-order valence-electron chi connectivity index (χ3n) is 2.74. The molecule has 22 heavy (non-hydrogen) atoms. The molecule has 0 spiro atoms. The second-order valence-electron chi connectivity index (χ2n) is 4.64. The summed E-state index contributed by atoms with van der Waals surface area (Å²) in [6.07, 6.45) is 0.332. The van der Waals surface area contributed by atoms with Crippen LogP contribution in [0.25, 0.3) is 0 Å². The molecule has 0 aromatic heterocycles. The molecule has 6 nitrogen and oxygen atoms in total. The topological polar surface area (TPSA) is 92.3 Å². The third-order valence-corrected chi connectivity index (χ3v) is 3.40. The van der Waals surface area contributed by atoms with Gasteiger partial charge in [0, 0.05) is 18.2 Å². The van der Waals surface area contributed by atoms with Crippen LogP contribution in [-0.4, -0.2) is 26.3 Å². The maximum absolute atomic E-state index is 13.4. The van der Waals surface area contributed by atoms with Crippen LogP contribution in [0.1, 0.15) is 25.8 Å². The minimum absolute atomic E-state index is 0.105. The Labute approximate surface area is 127 Å². The molecule has 0 aliphatic rings. The molecular formula is C13H16F2N2O4S. The molecule has 2 amide bonds. The van der Waals surface area contributed by atoms with Gasteiger partial charge in [0.15, 0.2) is 0 Å². The van der Waals surface area contributed by atoms with E-state index in [1.165, 1.54) is 13.0 Å². The average molecular weight is 334 g/mol. The van der Waals surface area contributed by atoms with Gasteiger partial charge in [-0.2, -0.15) is 8.42 Å². The Morgan fingerprint density at radius 2 is 1.95 bits per heavy atom. The van der Waals surface area contributed by atoms with Gasteiger partial charge in [-0.3, -0.25) is 9.59 Å². The molecule has 9 heteroatoms. The van der Waals surface area contributed by atoms with Crippen LogP contribution >= 0.6 is 0 Å². The summed E-state index contributed by atoms with van der Waals surface area (Å²) in [7, 11) is -4.89. The molecule has 0 saturated heterocycles. The number of rotatable bonds is 6. The molecular weight excluding hydrogens is 318 g/mol. The molecule has 2 N–H and O–H groups in total. The summed E-state index contributed by atoms with van der Waals surface area (Å²) in [5.74, 6) is -2.94. The predicted octanol–water partition coefficient (Wildman–Crippen LogP) is 1.48. The van der Waals surface area contributed by atoms with E-state index < -0.39 is 39.3 Å². The van der Waals surface area contributed by atoms with E-state index >= 15 is 0 Å². The zero-order valence-electron chi connectivity index (χ0n) is 12.0. The van der Waals surface area contributed by atoms with Gasteiger partial charge in [0.2, 0.25) is 11.8 Å². The van der Waals surface area contributed by atoms with Crippen molar-refractivity contribution in [3.8, 4) is 0 Å². The first kappa shape index (κ1) is 18.0. The van der Waals surface area contributed by atoms with Gasteiger partial charge in [0.05, 0.1) is 0 Å². The van der Waals surface area contributed by atoms with Gasteiger partial charge < -0.3 is 10.6 Å². The normalized spacial score (nSPS) is 12.5. The maximum Gasteiger partial charge on any atom is 0.306 e.